The maximum Gasteiger partial charge on any atom is 0.337 e. The first kappa shape index (κ1) is 26.9. The lowest BCUT2D eigenvalue weighted by Crippen LogP contribution is -2.39. The van der Waals surface area contributed by atoms with E-state index in [0.717, 1.165) is 65.1 Å². The maximum atomic E-state index is 12.6. The Hall–Kier alpha value is -3.71. The Morgan fingerprint density at radius 1 is 1.05 bits per heavy atom. The van der Waals surface area contributed by atoms with Crippen molar-refractivity contribution in [1.29, 1.82) is 0 Å². The molecule has 0 saturated carbocycles. The van der Waals surface area contributed by atoms with Gasteiger partial charge in [0.15, 0.2) is 6.10 Å². The molecule has 7 nitrogen and oxygen atoms in total. The molecule has 1 aromatic carbocycles. The highest BCUT2D eigenvalue weighted by molar-refractivity contribution is 5.87. The smallest absolute Gasteiger partial charge is 0.337 e. The first-order chi connectivity index (χ1) is 18.4. The number of nitrogens with zero attached hydrogens (tertiary/aromatic N) is 4. The molecule has 1 atom stereocenters. The molecule has 7 heteroatoms. The molecular weight excluding hydrogens is 488 g/mol. The number of aryl methyl sites for hydroxylation is 1. The summed E-state index contributed by atoms with van der Waals surface area (Å²) in [5.74, 6) is -0.986. The second-order valence-corrected chi connectivity index (χ2v) is 12.4. The fraction of sp³-hybridized carbons (Fsp3) is 0.406. The first-order valence-corrected chi connectivity index (χ1v) is 13.6. The molecule has 0 aliphatic carbocycles. The van der Waals surface area contributed by atoms with Crippen LogP contribution in [0.25, 0.3) is 27.9 Å². The summed E-state index contributed by atoms with van der Waals surface area (Å²) in [7, 11) is 0. The lowest BCUT2D eigenvalue weighted by Gasteiger charge is -2.40. The van der Waals surface area contributed by atoms with Crippen molar-refractivity contribution in [1.82, 2.24) is 14.6 Å². The fourth-order valence-corrected chi connectivity index (χ4v) is 5.37. The number of aromatic nitrogens is 3. The highest BCUT2D eigenvalue weighted by atomic mass is 16.5. The number of carboxylic acids is 1. The Balaban J connectivity index is 1.68. The molecule has 204 valence electrons. The summed E-state index contributed by atoms with van der Waals surface area (Å²) in [6.45, 7) is 13.9. The Bertz CT molecular complexity index is 1490. The number of piperidine rings is 1. The predicted octanol–water partition coefficient (Wildman–Crippen LogP) is 6.94. The predicted molar refractivity (Wildman–Crippen MR) is 155 cm³/mol. The van der Waals surface area contributed by atoms with Crippen molar-refractivity contribution < 1.29 is 14.6 Å². The van der Waals surface area contributed by atoms with Crippen molar-refractivity contribution >= 4 is 17.2 Å². The number of hydrogen-bond donors (Lipinski definition) is 1. The van der Waals surface area contributed by atoms with Crippen LogP contribution in [0.4, 0.5) is 5.69 Å². The molecule has 4 heterocycles. The Kier molecular flexibility index (Phi) is 6.97. The van der Waals surface area contributed by atoms with Gasteiger partial charge in [0.2, 0.25) is 0 Å². The van der Waals surface area contributed by atoms with Crippen LogP contribution < -0.4 is 4.90 Å². The average molecular weight is 527 g/mol. The van der Waals surface area contributed by atoms with Gasteiger partial charge in [0.1, 0.15) is 0 Å². The third kappa shape index (κ3) is 5.69. The normalized spacial score (nSPS) is 16.4. The number of fused-ring (bicyclic) bond motifs is 1. The van der Waals surface area contributed by atoms with Gasteiger partial charge in [-0.05, 0) is 75.3 Å². The maximum absolute atomic E-state index is 12.6. The number of aliphatic carboxylic acids is 1. The monoisotopic (exact) mass is 526 g/mol. The van der Waals surface area contributed by atoms with E-state index in [-0.39, 0.29) is 5.41 Å². The van der Waals surface area contributed by atoms with Gasteiger partial charge in [-0.2, -0.15) is 5.10 Å². The first-order valence-electron chi connectivity index (χ1n) is 13.6. The van der Waals surface area contributed by atoms with Crippen molar-refractivity contribution in [3.05, 3.63) is 72.2 Å². The van der Waals surface area contributed by atoms with Crippen LogP contribution in [-0.4, -0.2) is 44.4 Å². The van der Waals surface area contributed by atoms with Gasteiger partial charge in [0, 0.05) is 48.4 Å². The molecule has 0 bridgehead atoms. The van der Waals surface area contributed by atoms with E-state index >= 15 is 0 Å². The SMILES string of the molecule is Cc1cn2nc(-c3cccc(-c4cccnc4)c3)cc2c(N2CCC(C)(C)CC2)c1[C@H](OC(C)(C)C)C(=O)O. The molecule has 39 heavy (non-hydrogen) atoms. The largest absolute Gasteiger partial charge is 0.479 e. The van der Waals surface area contributed by atoms with E-state index in [0.29, 0.717) is 5.56 Å². The van der Waals surface area contributed by atoms with E-state index in [4.69, 9.17) is 9.84 Å². The van der Waals surface area contributed by atoms with E-state index in [2.05, 4.69) is 48.0 Å². The molecule has 3 aromatic heterocycles. The van der Waals surface area contributed by atoms with Crippen LogP contribution in [0.15, 0.2) is 61.1 Å². The zero-order valence-electron chi connectivity index (χ0n) is 23.7. The van der Waals surface area contributed by atoms with E-state index in [1.165, 1.54) is 0 Å². The number of pyridine rings is 2. The molecule has 0 unspecified atom stereocenters. The van der Waals surface area contributed by atoms with Gasteiger partial charge < -0.3 is 14.7 Å². The van der Waals surface area contributed by atoms with E-state index in [1.54, 1.807) is 6.20 Å². The Morgan fingerprint density at radius 3 is 2.38 bits per heavy atom. The molecule has 5 rings (SSSR count). The number of ether oxygens (including phenoxy) is 1. The molecule has 0 radical (unpaired) electrons. The fourth-order valence-electron chi connectivity index (χ4n) is 5.37. The van der Waals surface area contributed by atoms with Crippen LogP contribution in [0.2, 0.25) is 0 Å². The van der Waals surface area contributed by atoms with Crippen molar-refractivity contribution in [2.24, 2.45) is 5.41 Å². The molecule has 1 saturated heterocycles. The van der Waals surface area contributed by atoms with E-state index in [1.807, 2.05) is 62.8 Å². The van der Waals surface area contributed by atoms with Crippen LogP contribution in [0.1, 0.15) is 64.7 Å². The van der Waals surface area contributed by atoms with Gasteiger partial charge >= 0.3 is 5.97 Å². The summed E-state index contributed by atoms with van der Waals surface area (Å²) in [5.41, 5.74) is 6.91. The van der Waals surface area contributed by atoms with Crippen molar-refractivity contribution in [2.45, 2.75) is 66.1 Å². The zero-order valence-corrected chi connectivity index (χ0v) is 23.7. The minimum absolute atomic E-state index is 0.253. The minimum atomic E-state index is -1.09. The summed E-state index contributed by atoms with van der Waals surface area (Å²) >= 11 is 0. The molecule has 1 N–H and O–H groups in total. The lowest BCUT2D eigenvalue weighted by molar-refractivity contribution is -0.160. The van der Waals surface area contributed by atoms with E-state index in [9.17, 15) is 9.90 Å². The minimum Gasteiger partial charge on any atom is -0.479 e. The summed E-state index contributed by atoms with van der Waals surface area (Å²) in [5, 5.41) is 15.3. The highest BCUT2D eigenvalue weighted by Crippen LogP contribution is 2.42. The van der Waals surface area contributed by atoms with Gasteiger partial charge in [-0.3, -0.25) is 4.98 Å². The Labute approximate surface area is 230 Å². The van der Waals surface area contributed by atoms with Gasteiger partial charge in [0.25, 0.3) is 0 Å². The van der Waals surface area contributed by atoms with E-state index < -0.39 is 17.7 Å². The number of rotatable bonds is 6. The number of carbonyl (C=O) groups is 1. The molecule has 1 aliphatic heterocycles. The highest BCUT2D eigenvalue weighted by Gasteiger charge is 2.35. The number of benzene rings is 1. The second kappa shape index (κ2) is 10.1. The third-order valence-corrected chi connectivity index (χ3v) is 7.52. The van der Waals surface area contributed by atoms with Gasteiger partial charge in [0.05, 0.1) is 22.5 Å². The molecular formula is C32H38N4O3. The summed E-state index contributed by atoms with van der Waals surface area (Å²) in [4.78, 5) is 19.2. The average Bonchev–Trinajstić information content (AvgIpc) is 3.30. The second-order valence-electron chi connectivity index (χ2n) is 12.4. The van der Waals surface area contributed by atoms with Crippen molar-refractivity contribution in [3.63, 3.8) is 0 Å². The molecule has 1 aliphatic rings. The topological polar surface area (TPSA) is 80.0 Å². The van der Waals surface area contributed by atoms with Gasteiger partial charge in [-0.25, -0.2) is 9.31 Å². The summed E-state index contributed by atoms with van der Waals surface area (Å²) < 4.78 is 8.08. The standard InChI is InChI=1S/C32H38N4O3/c1-21-20-36-26(18-25(34-36)23-10-7-9-22(17-23)24-11-8-14-33-19-24)28(35-15-12-32(5,6)13-16-35)27(21)29(30(37)38)39-31(2,3)4/h7-11,14,17-20,29H,12-13,15-16H2,1-6H3,(H,37,38)/t29-/m0/s1. The number of anilines is 1. The third-order valence-electron chi connectivity index (χ3n) is 7.52. The lowest BCUT2D eigenvalue weighted by atomic mass is 9.82. The van der Waals surface area contributed by atoms with Crippen LogP contribution in [0.5, 0.6) is 0 Å². The molecule has 0 spiro atoms. The van der Waals surface area contributed by atoms with Gasteiger partial charge in [-0.15, -0.1) is 0 Å². The number of carboxylic acid groups (broad SMARTS) is 1. The summed E-state index contributed by atoms with van der Waals surface area (Å²) in [6.07, 6.45) is 6.52. The van der Waals surface area contributed by atoms with Crippen LogP contribution in [0.3, 0.4) is 0 Å². The summed E-state index contributed by atoms with van der Waals surface area (Å²) in [6, 6.07) is 14.3. The zero-order chi connectivity index (χ0) is 27.9. The van der Waals surface area contributed by atoms with Crippen LogP contribution in [0, 0.1) is 12.3 Å². The number of hydrogen-bond acceptors (Lipinski definition) is 5. The Morgan fingerprint density at radius 2 is 1.74 bits per heavy atom. The van der Waals surface area contributed by atoms with Gasteiger partial charge in [-0.1, -0.05) is 38.1 Å². The molecule has 0 amide bonds. The molecule has 4 aromatic rings. The van der Waals surface area contributed by atoms with Crippen molar-refractivity contribution in [3.8, 4) is 22.4 Å². The van der Waals surface area contributed by atoms with Crippen LogP contribution >= 0.6 is 0 Å². The van der Waals surface area contributed by atoms with Crippen molar-refractivity contribution in [2.75, 3.05) is 18.0 Å². The van der Waals surface area contributed by atoms with Crippen LogP contribution in [-0.2, 0) is 9.53 Å². The molecule has 1 fully saturated rings. The quantitative estimate of drug-likeness (QED) is 0.293.